The van der Waals surface area contributed by atoms with Crippen LogP contribution in [0.4, 0.5) is 0 Å². The molecule has 0 aromatic heterocycles. The molecule has 2 unspecified atom stereocenters. The SMILES string of the molecule is CNCC1OCCN(C(C)C)C1c1ccc(C)c(Br)c1. The van der Waals surface area contributed by atoms with Gasteiger partial charge >= 0.3 is 0 Å². The molecule has 1 aliphatic heterocycles. The first-order valence-electron chi connectivity index (χ1n) is 7.32. The van der Waals surface area contributed by atoms with Crippen LogP contribution in [0, 0.1) is 6.92 Å². The summed E-state index contributed by atoms with van der Waals surface area (Å²) in [5, 5.41) is 3.26. The van der Waals surface area contributed by atoms with Crippen molar-refractivity contribution in [1.29, 1.82) is 0 Å². The third-order valence-electron chi connectivity index (χ3n) is 4.00. The molecule has 0 amide bonds. The highest BCUT2D eigenvalue weighted by Gasteiger charge is 2.34. The maximum absolute atomic E-state index is 6.02. The van der Waals surface area contributed by atoms with Crippen LogP contribution in [0.25, 0.3) is 0 Å². The van der Waals surface area contributed by atoms with Gasteiger partial charge in [-0.1, -0.05) is 28.1 Å². The molecule has 1 heterocycles. The van der Waals surface area contributed by atoms with E-state index in [1.54, 1.807) is 0 Å². The minimum Gasteiger partial charge on any atom is -0.374 e. The van der Waals surface area contributed by atoms with Gasteiger partial charge in [-0.15, -0.1) is 0 Å². The summed E-state index contributed by atoms with van der Waals surface area (Å²) in [5.41, 5.74) is 2.60. The topological polar surface area (TPSA) is 24.5 Å². The number of likely N-dealkylation sites (N-methyl/N-ethyl adjacent to an activating group) is 1. The van der Waals surface area contributed by atoms with E-state index in [4.69, 9.17) is 4.74 Å². The average Bonchev–Trinajstić information content (AvgIpc) is 2.42. The number of ether oxygens (including phenoxy) is 1. The molecule has 112 valence electrons. The summed E-state index contributed by atoms with van der Waals surface area (Å²) in [6, 6.07) is 7.49. The van der Waals surface area contributed by atoms with E-state index < -0.39 is 0 Å². The van der Waals surface area contributed by atoms with Gasteiger partial charge in [-0.2, -0.15) is 0 Å². The Morgan fingerprint density at radius 3 is 2.80 bits per heavy atom. The van der Waals surface area contributed by atoms with Crippen molar-refractivity contribution in [3.63, 3.8) is 0 Å². The smallest absolute Gasteiger partial charge is 0.0896 e. The molecule has 2 rings (SSSR count). The fourth-order valence-corrected chi connectivity index (χ4v) is 3.30. The van der Waals surface area contributed by atoms with Gasteiger partial charge in [-0.05, 0) is 45.0 Å². The van der Waals surface area contributed by atoms with Crippen molar-refractivity contribution in [1.82, 2.24) is 10.2 Å². The predicted molar refractivity (Wildman–Crippen MR) is 87.1 cm³/mol. The number of benzene rings is 1. The first-order chi connectivity index (χ1) is 9.54. The Bertz CT molecular complexity index is 448. The Morgan fingerprint density at radius 1 is 1.45 bits per heavy atom. The number of nitrogens with one attached hydrogen (secondary N) is 1. The quantitative estimate of drug-likeness (QED) is 0.911. The van der Waals surface area contributed by atoms with Crippen molar-refractivity contribution in [3.8, 4) is 0 Å². The van der Waals surface area contributed by atoms with E-state index in [-0.39, 0.29) is 6.10 Å². The summed E-state index contributed by atoms with van der Waals surface area (Å²) < 4.78 is 7.19. The summed E-state index contributed by atoms with van der Waals surface area (Å²) in [5.74, 6) is 0. The molecule has 1 fully saturated rings. The van der Waals surface area contributed by atoms with E-state index in [1.807, 2.05) is 7.05 Å². The molecule has 1 aliphatic rings. The molecule has 1 aromatic carbocycles. The van der Waals surface area contributed by atoms with Gasteiger partial charge in [0.1, 0.15) is 0 Å². The van der Waals surface area contributed by atoms with Gasteiger partial charge in [-0.25, -0.2) is 0 Å². The largest absolute Gasteiger partial charge is 0.374 e. The third-order valence-corrected chi connectivity index (χ3v) is 4.85. The molecule has 2 atom stereocenters. The zero-order valence-electron chi connectivity index (χ0n) is 12.8. The van der Waals surface area contributed by atoms with E-state index in [1.165, 1.54) is 15.6 Å². The predicted octanol–water partition coefficient (Wildman–Crippen LogP) is 3.13. The Balaban J connectivity index is 2.35. The molecule has 1 saturated heterocycles. The van der Waals surface area contributed by atoms with Crippen LogP contribution in [0.3, 0.4) is 0 Å². The molecule has 1 N–H and O–H groups in total. The number of morpholine rings is 1. The second kappa shape index (κ2) is 7.03. The lowest BCUT2D eigenvalue weighted by atomic mass is 9.95. The van der Waals surface area contributed by atoms with Gasteiger partial charge in [-0.3, -0.25) is 4.90 Å². The highest BCUT2D eigenvalue weighted by atomic mass is 79.9. The average molecular weight is 341 g/mol. The van der Waals surface area contributed by atoms with Crippen LogP contribution in [-0.2, 0) is 4.74 Å². The fraction of sp³-hybridized carbons (Fsp3) is 0.625. The second-order valence-electron chi connectivity index (χ2n) is 5.75. The molecule has 1 aromatic rings. The molecule has 0 radical (unpaired) electrons. The van der Waals surface area contributed by atoms with Crippen LogP contribution in [-0.4, -0.2) is 43.8 Å². The van der Waals surface area contributed by atoms with Crippen LogP contribution in [0.1, 0.15) is 31.0 Å². The van der Waals surface area contributed by atoms with Crippen LogP contribution >= 0.6 is 15.9 Å². The molecule has 0 bridgehead atoms. The molecule has 4 heteroatoms. The van der Waals surface area contributed by atoms with Gasteiger partial charge < -0.3 is 10.1 Å². The van der Waals surface area contributed by atoms with Crippen molar-refractivity contribution in [2.45, 2.75) is 39.0 Å². The summed E-state index contributed by atoms with van der Waals surface area (Å²) in [7, 11) is 1.99. The van der Waals surface area contributed by atoms with Crippen LogP contribution in [0.2, 0.25) is 0 Å². The van der Waals surface area contributed by atoms with Crippen LogP contribution < -0.4 is 5.32 Å². The van der Waals surface area contributed by atoms with E-state index >= 15 is 0 Å². The van der Waals surface area contributed by atoms with Gasteiger partial charge in [0.15, 0.2) is 0 Å². The normalized spacial score (nSPS) is 24.3. The van der Waals surface area contributed by atoms with E-state index in [0.717, 1.165) is 19.7 Å². The minimum atomic E-state index is 0.200. The minimum absolute atomic E-state index is 0.200. The number of hydrogen-bond acceptors (Lipinski definition) is 3. The Hall–Kier alpha value is -0.420. The number of rotatable bonds is 4. The Labute approximate surface area is 130 Å². The first-order valence-corrected chi connectivity index (χ1v) is 8.12. The molecular weight excluding hydrogens is 316 g/mol. The molecule has 0 saturated carbocycles. The molecule has 0 spiro atoms. The van der Waals surface area contributed by atoms with Gasteiger partial charge in [0, 0.05) is 23.6 Å². The lowest BCUT2D eigenvalue weighted by molar-refractivity contribution is -0.0815. The standard InChI is InChI=1S/C16H25BrN2O/c1-11(2)19-7-8-20-15(10-18-4)16(19)13-6-5-12(3)14(17)9-13/h5-6,9,11,15-16,18H,7-8,10H2,1-4H3. The number of aryl methyl sites for hydroxylation is 1. The summed E-state index contributed by atoms with van der Waals surface area (Å²) >= 11 is 3.65. The van der Waals surface area contributed by atoms with E-state index in [9.17, 15) is 0 Å². The van der Waals surface area contributed by atoms with Crippen molar-refractivity contribution < 1.29 is 4.74 Å². The zero-order chi connectivity index (χ0) is 14.7. The van der Waals surface area contributed by atoms with E-state index in [0.29, 0.717) is 12.1 Å². The Kier molecular flexibility index (Phi) is 5.61. The zero-order valence-corrected chi connectivity index (χ0v) is 14.4. The van der Waals surface area contributed by atoms with Crippen LogP contribution in [0.15, 0.2) is 22.7 Å². The monoisotopic (exact) mass is 340 g/mol. The lowest BCUT2D eigenvalue weighted by Gasteiger charge is -2.44. The Morgan fingerprint density at radius 2 is 2.20 bits per heavy atom. The molecule has 20 heavy (non-hydrogen) atoms. The third kappa shape index (κ3) is 3.42. The summed E-state index contributed by atoms with van der Waals surface area (Å²) in [6.07, 6.45) is 0.200. The summed E-state index contributed by atoms with van der Waals surface area (Å²) in [6.45, 7) is 9.33. The second-order valence-corrected chi connectivity index (χ2v) is 6.61. The van der Waals surface area contributed by atoms with Gasteiger partial charge in [0.05, 0.1) is 18.8 Å². The molecular formula is C16H25BrN2O. The highest BCUT2D eigenvalue weighted by Crippen LogP contribution is 2.33. The van der Waals surface area contributed by atoms with Crippen molar-refractivity contribution in [2.24, 2.45) is 0 Å². The first kappa shape index (κ1) is 16.0. The van der Waals surface area contributed by atoms with E-state index in [2.05, 4.69) is 65.1 Å². The van der Waals surface area contributed by atoms with Crippen molar-refractivity contribution in [3.05, 3.63) is 33.8 Å². The number of hydrogen-bond donors (Lipinski definition) is 1. The maximum Gasteiger partial charge on any atom is 0.0896 e. The van der Waals surface area contributed by atoms with Gasteiger partial charge in [0.25, 0.3) is 0 Å². The number of halogens is 1. The van der Waals surface area contributed by atoms with Gasteiger partial charge in [0.2, 0.25) is 0 Å². The summed E-state index contributed by atoms with van der Waals surface area (Å²) in [4.78, 5) is 2.54. The highest BCUT2D eigenvalue weighted by molar-refractivity contribution is 9.10. The van der Waals surface area contributed by atoms with Crippen LogP contribution in [0.5, 0.6) is 0 Å². The van der Waals surface area contributed by atoms with Crippen molar-refractivity contribution >= 4 is 15.9 Å². The molecule has 3 nitrogen and oxygen atoms in total. The van der Waals surface area contributed by atoms with Crippen molar-refractivity contribution in [2.75, 3.05) is 26.7 Å². The number of nitrogens with zero attached hydrogens (tertiary/aromatic N) is 1. The lowest BCUT2D eigenvalue weighted by Crippen LogP contribution is -2.51. The fourth-order valence-electron chi connectivity index (χ4n) is 2.90. The maximum atomic E-state index is 6.02. The molecule has 0 aliphatic carbocycles.